The molecule has 0 fully saturated rings. The highest BCUT2D eigenvalue weighted by atomic mass is 32.2. The van der Waals surface area contributed by atoms with Crippen molar-refractivity contribution in [2.75, 3.05) is 49.8 Å². The van der Waals surface area contributed by atoms with E-state index in [4.69, 9.17) is 9.47 Å². The number of amides is 2. The van der Waals surface area contributed by atoms with Gasteiger partial charge in [-0.05, 0) is 44.7 Å². The van der Waals surface area contributed by atoms with Crippen LogP contribution in [0.1, 0.15) is 42.8 Å². The highest BCUT2D eigenvalue weighted by Crippen LogP contribution is 2.31. The van der Waals surface area contributed by atoms with Gasteiger partial charge in [-0.2, -0.15) is 0 Å². The first-order valence-corrected chi connectivity index (χ1v) is 14.0. The molecule has 10 heteroatoms. The minimum absolute atomic E-state index is 0.163. The predicted octanol–water partition coefficient (Wildman–Crippen LogP) is 5.28. The average molecular weight is 550 g/mol. The summed E-state index contributed by atoms with van der Waals surface area (Å²) in [6, 6.07) is 17.2. The Morgan fingerprint density at radius 1 is 1.13 bits per heavy atom. The minimum atomic E-state index is -0.600. The van der Waals surface area contributed by atoms with E-state index in [2.05, 4.69) is 9.97 Å². The Morgan fingerprint density at radius 3 is 2.56 bits per heavy atom. The molecule has 39 heavy (non-hydrogen) atoms. The van der Waals surface area contributed by atoms with E-state index in [0.717, 1.165) is 5.56 Å². The lowest BCUT2D eigenvalue weighted by molar-refractivity contribution is 0.0226. The lowest BCUT2D eigenvalue weighted by Crippen LogP contribution is -2.37. The second kappa shape index (κ2) is 11.9. The van der Waals surface area contributed by atoms with E-state index in [1.54, 1.807) is 18.1 Å². The molecule has 1 aliphatic heterocycles. The van der Waals surface area contributed by atoms with Crippen molar-refractivity contribution in [3.8, 4) is 5.75 Å². The second-order valence-corrected chi connectivity index (χ2v) is 11.1. The summed E-state index contributed by atoms with van der Waals surface area (Å²) in [6.07, 6.45) is 2.63. The number of aromatic nitrogens is 2. The van der Waals surface area contributed by atoms with E-state index in [-0.39, 0.29) is 12.5 Å². The molecule has 0 radical (unpaired) electrons. The molecule has 0 aliphatic carbocycles. The molecule has 2 amide bonds. The van der Waals surface area contributed by atoms with Gasteiger partial charge in [-0.1, -0.05) is 48.2 Å². The maximum absolute atomic E-state index is 13.6. The van der Waals surface area contributed by atoms with Crippen LogP contribution in [-0.4, -0.2) is 72.5 Å². The normalized spacial score (nSPS) is 14.4. The summed E-state index contributed by atoms with van der Waals surface area (Å²) in [7, 11) is 3.62. The molecule has 2 aromatic carbocycles. The number of thioether (sulfide) groups is 1. The van der Waals surface area contributed by atoms with Crippen molar-refractivity contribution >= 4 is 35.3 Å². The van der Waals surface area contributed by atoms with Crippen LogP contribution in [0.4, 0.5) is 16.3 Å². The van der Waals surface area contributed by atoms with Gasteiger partial charge in [-0.15, -0.1) is 0 Å². The van der Waals surface area contributed by atoms with Crippen LogP contribution < -0.4 is 14.5 Å². The highest BCUT2D eigenvalue weighted by Gasteiger charge is 2.29. The van der Waals surface area contributed by atoms with Crippen molar-refractivity contribution in [3.63, 3.8) is 0 Å². The van der Waals surface area contributed by atoms with Gasteiger partial charge < -0.3 is 24.2 Å². The molecule has 0 saturated carbocycles. The maximum Gasteiger partial charge on any atom is 0.410 e. The zero-order chi connectivity index (χ0) is 28.2. The van der Waals surface area contributed by atoms with Crippen molar-refractivity contribution in [2.45, 2.75) is 37.6 Å². The molecule has 1 unspecified atom stereocenters. The third kappa shape index (κ3) is 7.00. The SMILES string of the molecule is CSc1ncc2c(n1)N(C)CCN(c1cccc(OC(CN(C)C(=O)OC(C)(C)C)c3ccccc3)c1)C2=O. The number of rotatable bonds is 7. The zero-order valence-electron chi connectivity index (χ0n) is 23.2. The molecule has 9 nitrogen and oxygen atoms in total. The summed E-state index contributed by atoms with van der Waals surface area (Å²) in [5, 5.41) is 0.626. The van der Waals surface area contributed by atoms with E-state index in [1.165, 1.54) is 16.7 Å². The van der Waals surface area contributed by atoms with Gasteiger partial charge in [0.25, 0.3) is 5.91 Å². The molecule has 1 aromatic heterocycles. The quantitative estimate of drug-likeness (QED) is 0.291. The van der Waals surface area contributed by atoms with Gasteiger partial charge >= 0.3 is 6.09 Å². The number of fused-ring (bicyclic) bond motifs is 1. The third-order valence-corrected chi connectivity index (χ3v) is 6.71. The van der Waals surface area contributed by atoms with Crippen molar-refractivity contribution in [3.05, 3.63) is 71.9 Å². The van der Waals surface area contributed by atoms with E-state index in [0.29, 0.717) is 41.1 Å². The molecule has 0 saturated heterocycles. The number of carbonyl (C=O) groups excluding carboxylic acids is 2. The summed E-state index contributed by atoms with van der Waals surface area (Å²) in [5.41, 5.74) is 1.48. The number of likely N-dealkylation sites (N-methyl/N-ethyl adjacent to an activating group) is 2. The largest absolute Gasteiger partial charge is 0.484 e. The van der Waals surface area contributed by atoms with Gasteiger partial charge in [0.15, 0.2) is 5.16 Å². The minimum Gasteiger partial charge on any atom is -0.484 e. The summed E-state index contributed by atoms with van der Waals surface area (Å²) in [6.45, 7) is 6.88. The summed E-state index contributed by atoms with van der Waals surface area (Å²) >= 11 is 1.44. The van der Waals surface area contributed by atoms with Crippen molar-refractivity contribution in [2.24, 2.45) is 0 Å². The first-order valence-electron chi connectivity index (χ1n) is 12.8. The number of nitrogens with zero attached hydrogens (tertiary/aromatic N) is 5. The Kier molecular flexibility index (Phi) is 8.64. The monoisotopic (exact) mass is 549 g/mol. The predicted molar refractivity (Wildman–Crippen MR) is 154 cm³/mol. The number of hydrogen-bond acceptors (Lipinski definition) is 8. The lowest BCUT2D eigenvalue weighted by atomic mass is 10.1. The summed E-state index contributed by atoms with van der Waals surface area (Å²) < 4.78 is 12.0. The smallest absolute Gasteiger partial charge is 0.410 e. The highest BCUT2D eigenvalue weighted by molar-refractivity contribution is 7.98. The van der Waals surface area contributed by atoms with Crippen LogP contribution in [0.25, 0.3) is 0 Å². The van der Waals surface area contributed by atoms with Gasteiger partial charge in [-0.3, -0.25) is 4.79 Å². The fraction of sp³-hybridized carbons (Fsp3) is 0.379. The Bertz CT molecular complexity index is 1310. The maximum atomic E-state index is 13.6. The van der Waals surface area contributed by atoms with E-state index in [9.17, 15) is 9.59 Å². The van der Waals surface area contributed by atoms with Crippen LogP contribution in [0.2, 0.25) is 0 Å². The molecular formula is C29H35N5O4S. The number of hydrogen-bond donors (Lipinski definition) is 0. The molecule has 0 spiro atoms. The van der Waals surface area contributed by atoms with Gasteiger partial charge in [0.1, 0.15) is 28.8 Å². The third-order valence-electron chi connectivity index (χ3n) is 6.15. The molecule has 0 N–H and O–H groups in total. The molecule has 4 rings (SSSR count). The van der Waals surface area contributed by atoms with Gasteiger partial charge in [0, 0.05) is 45.1 Å². The Balaban J connectivity index is 1.59. The van der Waals surface area contributed by atoms with Gasteiger partial charge in [0.2, 0.25) is 0 Å². The number of anilines is 2. The number of carbonyl (C=O) groups is 2. The molecular weight excluding hydrogens is 514 g/mol. The summed E-state index contributed by atoms with van der Waals surface area (Å²) in [4.78, 5) is 40.4. The standard InChI is InChI=1S/C29H35N5O4S/c1-29(2,3)38-28(36)33(5)19-24(20-11-8-7-9-12-20)37-22-14-10-13-21(17-22)34-16-15-32(4)25-23(26(34)35)18-30-27(31-25)39-6/h7-14,17-18,24H,15-16,19H2,1-6H3. The lowest BCUT2D eigenvalue weighted by Gasteiger charge is -2.28. The molecule has 2 heterocycles. The molecule has 1 aliphatic rings. The van der Waals surface area contributed by atoms with E-state index >= 15 is 0 Å². The zero-order valence-corrected chi connectivity index (χ0v) is 24.1. The molecule has 1 atom stereocenters. The van der Waals surface area contributed by atoms with Crippen LogP contribution in [0.15, 0.2) is 66.0 Å². The summed E-state index contributed by atoms with van der Waals surface area (Å²) in [5.74, 6) is 1.05. The van der Waals surface area contributed by atoms with Crippen LogP contribution >= 0.6 is 11.8 Å². The van der Waals surface area contributed by atoms with Gasteiger partial charge in [-0.25, -0.2) is 14.8 Å². The molecule has 0 bridgehead atoms. The number of benzene rings is 2. The molecule has 3 aromatic rings. The van der Waals surface area contributed by atoms with Crippen LogP contribution in [0.5, 0.6) is 5.75 Å². The first kappa shape index (κ1) is 28.2. The topological polar surface area (TPSA) is 88.1 Å². The van der Waals surface area contributed by atoms with E-state index in [1.807, 2.05) is 93.6 Å². The second-order valence-electron chi connectivity index (χ2n) is 10.3. The fourth-order valence-electron chi connectivity index (χ4n) is 4.18. The van der Waals surface area contributed by atoms with Crippen molar-refractivity contribution < 1.29 is 19.1 Å². The first-order chi connectivity index (χ1) is 18.6. The fourth-order valence-corrected chi connectivity index (χ4v) is 4.51. The van der Waals surface area contributed by atoms with Gasteiger partial charge in [0.05, 0.1) is 6.54 Å². The van der Waals surface area contributed by atoms with Crippen molar-refractivity contribution in [1.29, 1.82) is 0 Å². The van der Waals surface area contributed by atoms with Crippen LogP contribution in [-0.2, 0) is 4.74 Å². The van der Waals surface area contributed by atoms with Crippen LogP contribution in [0, 0.1) is 0 Å². The van der Waals surface area contributed by atoms with E-state index < -0.39 is 17.8 Å². The molecule has 206 valence electrons. The Labute approximate surface area is 234 Å². The van der Waals surface area contributed by atoms with Crippen LogP contribution in [0.3, 0.4) is 0 Å². The number of ether oxygens (including phenoxy) is 2. The Morgan fingerprint density at radius 2 is 1.87 bits per heavy atom. The Hall–Kier alpha value is -3.79. The average Bonchev–Trinajstić information content (AvgIpc) is 3.03. The van der Waals surface area contributed by atoms with Crippen molar-refractivity contribution in [1.82, 2.24) is 14.9 Å².